The number of benzene rings is 1. The molecule has 0 unspecified atom stereocenters. The molecule has 2 amide bonds. The predicted octanol–water partition coefficient (Wildman–Crippen LogP) is 3.95. The Hall–Kier alpha value is -3.35. The van der Waals surface area contributed by atoms with E-state index in [-0.39, 0.29) is 11.8 Å². The summed E-state index contributed by atoms with van der Waals surface area (Å²) in [6.07, 6.45) is 11.8. The monoisotopic (exact) mass is 451 g/mol. The van der Waals surface area contributed by atoms with Crippen LogP contribution in [0.1, 0.15) is 48.0 Å². The van der Waals surface area contributed by atoms with E-state index in [4.69, 9.17) is 9.47 Å². The minimum atomic E-state index is -0.0857. The molecule has 1 aromatic heterocycles. The van der Waals surface area contributed by atoms with Crippen molar-refractivity contribution >= 4 is 17.9 Å². The molecular weight excluding hydrogens is 418 g/mol. The Morgan fingerprint density at radius 2 is 1.82 bits per heavy atom. The van der Waals surface area contributed by atoms with Gasteiger partial charge in [0.05, 0.1) is 14.2 Å². The number of likely N-dealkylation sites (tertiary alicyclic amines) is 1. The molecule has 1 saturated heterocycles. The molecule has 1 N–H and O–H groups in total. The molecule has 2 heterocycles. The fraction of sp³-hybridized carbons (Fsp3) is 0.423. The Balaban J connectivity index is 1.35. The third-order valence-electron chi connectivity index (χ3n) is 5.99. The Morgan fingerprint density at radius 3 is 2.45 bits per heavy atom. The summed E-state index contributed by atoms with van der Waals surface area (Å²) in [7, 11) is 3.13. The first-order valence-electron chi connectivity index (χ1n) is 11.5. The van der Waals surface area contributed by atoms with E-state index in [2.05, 4.69) is 10.3 Å². The van der Waals surface area contributed by atoms with E-state index in [1.807, 2.05) is 23.1 Å². The van der Waals surface area contributed by atoms with Crippen molar-refractivity contribution in [2.45, 2.75) is 32.1 Å². The van der Waals surface area contributed by atoms with Crippen LogP contribution in [0.3, 0.4) is 0 Å². The van der Waals surface area contributed by atoms with Crippen LogP contribution in [0.5, 0.6) is 11.5 Å². The van der Waals surface area contributed by atoms with Crippen LogP contribution in [0.4, 0.5) is 0 Å². The van der Waals surface area contributed by atoms with Crippen LogP contribution < -0.4 is 14.8 Å². The lowest BCUT2D eigenvalue weighted by Gasteiger charge is -2.32. The number of amides is 2. The maximum Gasteiger partial charge on any atom is 0.261 e. The fourth-order valence-corrected chi connectivity index (χ4v) is 4.12. The number of rotatable bonds is 10. The maximum absolute atomic E-state index is 13.1. The molecular formula is C26H33N3O4. The molecule has 7 heteroatoms. The molecule has 0 aliphatic carbocycles. The lowest BCUT2D eigenvalue weighted by Crippen LogP contribution is -2.38. The summed E-state index contributed by atoms with van der Waals surface area (Å²) in [5.41, 5.74) is 1.40. The average molecular weight is 452 g/mol. The van der Waals surface area contributed by atoms with Gasteiger partial charge in [0, 0.05) is 38.1 Å². The van der Waals surface area contributed by atoms with Crippen molar-refractivity contribution in [3.8, 4) is 11.5 Å². The number of carbonyl (C=O) groups is 2. The van der Waals surface area contributed by atoms with E-state index in [1.54, 1.807) is 50.9 Å². The Kier molecular flexibility index (Phi) is 9.30. The Bertz CT molecular complexity index is 916. The van der Waals surface area contributed by atoms with Crippen molar-refractivity contribution in [3.63, 3.8) is 0 Å². The predicted molar refractivity (Wildman–Crippen MR) is 128 cm³/mol. The van der Waals surface area contributed by atoms with E-state index in [9.17, 15) is 9.59 Å². The molecule has 176 valence electrons. The third-order valence-corrected chi connectivity index (χ3v) is 5.99. The van der Waals surface area contributed by atoms with Crippen LogP contribution in [-0.2, 0) is 4.79 Å². The summed E-state index contributed by atoms with van der Waals surface area (Å²) in [4.78, 5) is 30.9. The summed E-state index contributed by atoms with van der Waals surface area (Å²) >= 11 is 0. The third kappa shape index (κ3) is 7.07. The van der Waals surface area contributed by atoms with Gasteiger partial charge in [0.25, 0.3) is 5.91 Å². The zero-order chi connectivity index (χ0) is 23.5. The number of methoxy groups -OCH3 is 2. The first-order chi connectivity index (χ1) is 16.1. The molecule has 3 rings (SSSR count). The molecule has 33 heavy (non-hydrogen) atoms. The number of pyridine rings is 1. The van der Waals surface area contributed by atoms with Gasteiger partial charge in [-0.15, -0.1) is 0 Å². The second kappa shape index (κ2) is 12.6. The number of piperidine rings is 1. The zero-order valence-corrected chi connectivity index (χ0v) is 19.5. The molecule has 0 bridgehead atoms. The van der Waals surface area contributed by atoms with Crippen molar-refractivity contribution in [1.29, 1.82) is 0 Å². The number of aromatic nitrogens is 1. The summed E-state index contributed by atoms with van der Waals surface area (Å²) in [6, 6.07) is 9.14. The van der Waals surface area contributed by atoms with E-state index in [0.29, 0.717) is 29.5 Å². The topological polar surface area (TPSA) is 80.8 Å². The van der Waals surface area contributed by atoms with Gasteiger partial charge in [0.15, 0.2) is 0 Å². The average Bonchev–Trinajstić information content (AvgIpc) is 2.87. The molecule has 1 aromatic carbocycles. The number of hydrogen-bond donors (Lipinski definition) is 1. The van der Waals surface area contributed by atoms with Gasteiger partial charge in [0.2, 0.25) is 5.91 Å². The zero-order valence-electron chi connectivity index (χ0n) is 19.5. The fourth-order valence-electron chi connectivity index (χ4n) is 4.12. The van der Waals surface area contributed by atoms with Gasteiger partial charge in [-0.1, -0.05) is 25.0 Å². The van der Waals surface area contributed by atoms with Gasteiger partial charge in [-0.2, -0.15) is 0 Å². The van der Waals surface area contributed by atoms with Crippen molar-refractivity contribution in [2.75, 3.05) is 33.9 Å². The number of ether oxygens (including phenoxy) is 2. The van der Waals surface area contributed by atoms with E-state index in [0.717, 1.165) is 50.8 Å². The van der Waals surface area contributed by atoms with E-state index in [1.165, 1.54) is 0 Å². The minimum absolute atomic E-state index is 0.0372. The summed E-state index contributed by atoms with van der Waals surface area (Å²) in [6.45, 7) is 2.14. The van der Waals surface area contributed by atoms with Crippen molar-refractivity contribution < 1.29 is 19.1 Å². The largest absolute Gasteiger partial charge is 0.496 e. The van der Waals surface area contributed by atoms with Gasteiger partial charge < -0.3 is 19.7 Å². The molecule has 7 nitrogen and oxygen atoms in total. The number of unbranched alkanes of at least 4 members (excludes halogenated alkanes) is 1. The van der Waals surface area contributed by atoms with E-state index >= 15 is 0 Å². The normalized spacial score (nSPS) is 14.3. The first kappa shape index (κ1) is 24.3. The van der Waals surface area contributed by atoms with Crippen molar-refractivity contribution in [3.05, 3.63) is 59.9 Å². The van der Waals surface area contributed by atoms with Gasteiger partial charge in [0.1, 0.15) is 17.1 Å². The van der Waals surface area contributed by atoms with Gasteiger partial charge in [-0.25, -0.2) is 0 Å². The highest BCUT2D eigenvalue weighted by Crippen LogP contribution is 2.31. The molecule has 0 saturated carbocycles. The van der Waals surface area contributed by atoms with Crippen LogP contribution in [0, 0.1) is 5.92 Å². The smallest absolute Gasteiger partial charge is 0.261 e. The Labute approximate surface area is 195 Å². The van der Waals surface area contributed by atoms with Gasteiger partial charge in [-0.3, -0.25) is 14.6 Å². The summed E-state index contributed by atoms with van der Waals surface area (Å²) in [5, 5.41) is 2.93. The molecule has 0 atom stereocenters. The second-order valence-electron chi connectivity index (χ2n) is 8.18. The Morgan fingerprint density at radius 1 is 1.09 bits per heavy atom. The number of nitrogens with zero attached hydrogens (tertiary/aromatic N) is 2. The van der Waals surface area contributed by atoms with Crippen molar-refractivity contribution in [1.82, 2.24) is 15.2 Å². The van der Waals surface area contributed by atoms with Crippen LogP contribution in [0.2, 0.25) is 0 Å². The molecule has 1 fully saturated rings. The minimum Gasteiger partial charge on any atom is -0.496 e. The number of hydrogen-bond acceptors (Lipinski definition) is 5. The van der Waals surface area contributed by atoms with Crippen LogP contribution in [0.15, 0.2) is 48.8 Å². The molecule has 0 radical (unpaired) electrons. The second-order valence-corrected chi connectivity index (χ2v) is 8.18. The summed E-state index contributed by atoms with van der Waals surface area (Å²) in [5.74, 6) is 1.56. The quantitative estimate of drug-likeness (QED) is 0.437. The highest BCUT2D eigenvalue weighted by atomic mass is 16.5. The molecule has 0 spiro atoms. The lowest BCUT2D eigenvalue weighted by atomic mass is 9.91. The van der Waals surface area contributed by atoms with Crippen LogP contribution in [-0.4, -0.2) is 55.6 Å². The van der Waals surface area contributed by atoms with Crippen molar-refractivity contribution in [2.24, 2.45) is 5.92 Å². The number of carbonyl (C=O) groups excluding carboxylic acids is 2. The highest BCUT2D eigenvalue weighted by Gasteiger charge is 2.27. The van der Waals surface area contributed by atoms with Crippen LogP contribution in [0.25, 0.3) is 6.08 Å². The SMILES string of the molecule is COc1cccc(OC)c1C(=O)N1CCC(CCCCNC(=O)/C=C/c2cccnc2)CC1. The highest BCUT2D eigenvalue weighted by molar-refractivity contribution is 5.99. The molecule has 1 aliphatic heterocycles. The molecule has 1 aliphatic rings. The maximum atomic E-state index is 13.1. The van der Waals surface area contributed by atoms with Gasteiger partial charge in [-0.05, 0) is 55.0 Å². The lowest BCUT2D eigenvalue weighted by molar-refractivity contribution is -0.116. The summed E-state index contributed by atoms with van der Waals surface area (Å²) < 4.78 is 10.8. The standard InChI is InChI=1S/C26H33N3O4/c1-32-22-9-5-10-23(33-2)25(22)26(31)29-17-13-20(14-18-29)7-3-4-16-28-24(30)12-11-21-8-6-15-27-19-21/h5-6,8-12,15,19-20H,3-4,7,13-14,16-18H2,1-2H3,(H,28,30)/b12-11+. The van der Waals surface area contributed by atoms with Crippen LogP contribution >= 0.6 is 0 Å². The first-order valence-corrected chi connectivity index (χ1v) is 11.5. The number of nitrogens with one attached hydrogen (secondary N) is 1. The van der Waals surface area contributed by atoms with E-state index < -0.39 is 0 Å². The van der Waals surface area contributed by atoms with Gasteiger partial charge >= 0.3 is 0 Å². The molecule has 2 aromatic rings.